The molecule has 3 atom stereocenters. The van der Waals surface area contributed by atoms with E-state index in [1.807, 2.05) is 0 Å². The van der Waals surface area contributed by atoms with Crippen LogP contribution >= 0.6 is 0 Å². The third kappa shape index (κ3) is 2.01. The topological polar surface area (TPSA) is 15.3 Å². The number of nitrogens with zero attached hydrogens (tertiary/aromatic N) is 1. The average Bonchev–Trinajstić information content (AvgIpc) is 2.89. The summed E-state index contributed by atoms with van der Waals surface area (Å²) < 4.78 is 0. The molecule has 0 spiro atoms. The van der Waals surface area contributed by atoms with E-state index in [4.69, 9.17) is 0 Å². The number of piperidine rings is 2. The molecular formula is C18H26N2. The molecule has 0 aromatic heterocycles. The highest BCUT2D eigenvalue weighted by Gasteiger charge is 2.43. The zero-order chi connectivity index (χ0) is 13.5. The lowest BCUT2D eigenvalue weighted by molar-refractivity contribution is -0.0104. The summed E-state index contributed by atoms with van der Waals surface area (Å²) in [5.41, 5.74) is 3.23. The van der Waals surface area contributed by atoms with Gasteiger partial charge in [0.05, 0.1) is 0 Å². The number of hydrogen-bond donors (Lipinski definition) is 1. The summed E-state index contributed by atoms with van der Waals surface area (Å²) in [7, 11) is 2.14. The van der Waals surface area contributed by atoms with E-state index in [-0.39, 0.29) is 0 Å². The molecule has 0 radical (unpaired) electrons. The Labute approximate surface area is 122 Å². The number of fused-ring (bicyclic) bond motifs is 3. The van der Waals surface area contributed by atoms with Crippen molar-refractivity contribution in [3.8, 4) is 0 Å². The predicted molar refractivity (Wildman–Crippen MR) is 82.9 cm³/mol. The molecule has 2 heteroatoms. The van der Waals surface area contributed by atoms with E-state index in [2.05, 4.69) is 41.5 Å². The molecule has 108 valence electrons. The highest BCUT2D eigenvalue weighted by molar-refractivity contribution is 5.35. The van der Waals surface area contributed by atoms with Crippen LogP contribution in [0.25, 0.3) is 0 Å². The molecule has 0 saturated carbocycles. The first-order valence-electron chi connectivity index (χ1n) is 8.39. The molecule has 1 aliphatic carbocycles. The Kier molecular flexibility index (Phi) is 3.31. The molecular weight excluding hydrogens is 244 g/mol. The second kappa shape index (κ2) is 5.16. The molecule has 2 saturated heterocycles. The van der Waals surface area contributed by atoms with Gasteiger partial charge in [-0.1, -0.05) is 30.7 Å². The molecule has 3 unspecified atom stereocenters. The van der Waals surface area contributed by atoms with Gasteiger partial charge < -0.3 is 5.32 Å². The van der Waals surface area contributed by atoms with Gasteiger partial charge in [0.25, 0.3) is 0 Å². The van der Waals surface area contributed by atoms with Gasteiger partial charge in [-0.15, -0.1) is 0 Å². The second-order valence-electron chi connectivity index (χ2n) is 6.90. The highest BCUT2D eigenvalue weighted by atomic mass is 15.2. The van der Waals surface area contributed by atoms with Gasteiger partial charge in [0, 0.05) is 24.2 Å². The molecule has 3 aliphatic rings. The van der Waals surface area contributed by atoms with Crippen molar-refractivity contribution in [1.82, 2.24) is 10.2 Å². The Morgan fingerprint density at radius 2 is 1.80 bits per heavy atom. The molecule has 2 aliphatic heterocycles. The summed E-state index contributed by atoms with van der Waals surface area (Å²) >= 11 is 0. The minimum Gasteiger partial charge on any atom is -0.317 e. The van der Waals surface area contributed by atoms with Crippen molar-refractivity contribution < 1.29 is 0 Å². The van der Waals surface area contributed by atoms with Gasteiger partial charge in [-0.05, 0) is 56.7 Å². The quantitative estimate of drug-likeness (QED) is 0.887. The van der Waals surface area contributed by atoms with Crippen LogP contribution in [-0.4, -0.2) is 30.1 Å². The average molecular weight is 270 g/mol. The molecule has 0 amide bonds. The third-order valence-corrected chi connectivity index (χ3v) is 5.90. The van der Waals surface area contributed by atoms with E-state index < -0.39 is 0 Å². The molecule has 1 aromatic rings. The van der Waals surface area contributed by atoms with Gasteiger partial charge in [0.15, 0.2) is 0 Å². The van der Waals surface area contributed by atoms with E-state index in [9.17, 15) is 0 Å². The monoisotopic (exact) mass is 270 g/mol. The van der Waals surface area contributed by atoms with Gasteiger partial charge in [-0.2, -0.15) is 0 Å². The van der Waals surface area contributed by atoms with Crippen LogP contribution in [-0.2, 0) is 6.42 Å². The Morgan fingerprint density at radius 3 is 2.55 bits per heavy atom. The zero-order valence-corrected chi connectivity index (χ0v) is 12.5. The summed E-state index contributed by atoms with van der Waals surface area (Å²) in [6, 6.07) is 12.2. The van der Waals surface area contributed by atoms with Crippen LogP contribution in [0.15, 0.2) is 24.3 Å². The van der Waals surface area contributed by atoms with Crippen molar-refractivity contribution in [3.05, 3.63) is 35.4 Å². The zero-order valence-electron chi connectivity index (χ0n) is 12.5. The molecule has 2 fully saturated rings. The van der Waals surface area contributed by atoms with Crippen LogP contribution < -0.4 is 5.32 Å². The first kappa shape index (κ1) is 12.8. The standard InChI is InChI=1S/C18H26N2/c1-19-14-11-15-6-4-7-16(12-14)20(15)18-10-9-13-5-2-3-8-17(13)18/h2-3,5,8,14-16,18-19H,4,6-7,9-12H2,1H3. The Morgan fingerprint density at radius 1 is 1.05 bits per heavy atom. The first-order chi connectivity index (χ1) is 9.86. The lowest BCUT2D eigenvalue weighted by atomic mass is 9.80. The smallest absolute Gasteiger partial charge is 0.0359 e. The minimum absolute atomic E-state index is 0.708. The van der Waals surface area contributed by atoms with Gasteiger partial charge in [0.1, 0.15) is 0 Å². The molecule has 4 rings (SSSR count). The molecule has 1 N–H and O–H groups in total. The van der Waals surface area contributed by atoms with Gasteiger partial charge >= 0.3 is 0 Å². The largest absolute Gasteiger partial charge is 0.317 e. The van der Waals surface area contributed by atoms with Crippen molar-refractivity contribution in [2.45, 2.75) is 69.1 Å². The summed E-state index contributed by atoms with van der Waals surface area (Å²) in [5, 5.41) is 3.54. The number of rotatable bonds is 2. The first-order valence-corrected chi connectivity index (χ1v) is 8.39. The van der Waals surface area contributed by atoms with Gasteiger partial charge in [-0.25, -0.2) is 0 Å². The van der Waals surface area contributed by atoms with E-state index in [0.29, 0.717) is 6.04 Å². The van der Waals surface area contributed by atoms with E-state index in [1.165, 1.54) is 44.9 Å². The van der Waals surface area contributed by atoms with Gasteiger partial charge in [-0.3, -0.25) is 4.90 Å². The summed E-state index contributed by atoms with van der Waals surface area (Å²) in [5.74, 6) is 0. The van der Waals surface area contributed by atoms with Crippen molar-refractivity contribution >= 4 is 0 Å². The van der Waals surface area contributed by atoms with E-state index >= 15 is 0 Å². The summed E-state index contributed by atoms with van der Waals surface area (Å²) in [4.78, 5) is 2.92. The van der Waals surface area contributed by atoms with E-state index in [0.717, 1.165) is 18.1 Å². The summed E-state index contributed by atoms with van der Waals surface area (Å²) in [6.45, 7) is 0. The Bertz CT molecular complexity index is 470. The third-order valence-electron chi connectivity index (χ3n) is 5.90. The molecule has 2 bridgehead atoms. The Balaban J connectivity index is 1.63. The molecule has 2 heterocycles. The maximum absolute atomic E-state index is 3.54. The Hall–Kier alpha value is -0.860. The maximum atomic E-state index is 3.54. The van der Waals surface area contributed by atoms with Crippen LogP contribution in [0.2, 0.25) is 0 Å². The van der Waals surface area contributed by atoms with Crippen LogP contribution in [0, 0.1) is 0 Å². The molecule has 20 heavy (non-hydrogen) atoms. The summed E-state index contributed by atoms with van der Waals surface area (Å²) in [6.07, 6.45) is 9.59. The minimum atomic E-state index is 0.708. The molecule has 2 nitrogen and oxygen atoms in total. The van der Waals surface area contributed by atoms with Crippen molar-refractivity contribution in [3.63, 3.8) is 0 Å². The van der Waals surface area contributed by atoms with Crippen LogP contribution in [0.4, 0.5) is 0 Å². The SMILES string of the molecule is CNC1CC2CCCC(C1)N2C1CCc2ccccc21. The lowest BCUT2D eigenvalue weighted by Crippen LogP contribution is -2.56. The fourth-order valence-corrected chi connectivity index (χ4v) is 5.01. The highest BCUT2D eigenvalue weighted by Crippen LogP contribution is 2.45. The number of benzene rings is 1. The van der Waals surface area contributed by atoms with Crippen LogP contribution in [0.1, 0.15) is 55.7 Å². The maximum Gasteiger partial charge on any atom is 0.0359 e. The van der Waals surface area contributed by atoms with Gasteiger partial charge in [0.2, 0.25) is 0 Å². The lowest BCUT2D eigenvalue weighted by Gasteiger charge is -2.51. The van der Waals surface area contributed by atoms with E-state index in [1.54, 1.807) is 11.1 Å². The fourth-order valence-electron chi connectivity index (χ4n) is 5.01. The van der Waals surface area contributed by atoms with Crippen LogP contribution in [0.3, 0.4) is 0 Å². The van der Waals surface area contributed by atoms with Crippen LogP contribution in [0.5, 0.6) is 0 Å². The van der Waals surface area contributed by atoms with Crippen molar-refractivity contribution in [2.75, 3.05) is 7.05 Å². The normalized spacial score (nSPS) is 36.9. The number of hydrogen-bond acceptors (Lipinski definition) is 2. The van der Waals surface area contributed by atoms with Crippen molar-refractivity contribution in [2.24, 2.45) is 0 Å². The second-order valence-corrected chi connectivity index (χ2v) is 6.90. The predicted octanol–water partition coefficient (Wildman–Crippen LogP) is 3.28. The molecule has 1 aromatic carbocycles. The number of nitrogens with one attached hydrogen (secondary N) is 1. The van der Waals surface area contributed by atoms with Crippen molar-refractivity contribution in [1.29, 1.82) is 0 Å². The fraction of sp³-hybridized carbons (Fsp3) is 0.667. The number of aryl methyl sites for hydroxylation is 1.